The van der Waals surface area contributed by atoms with E-state index in [1.165, 1.54) is 0 Å². The minimum atomic E-state index is -0.574. The quantitative estimate of drug-likeness (QED) is 0.305. The lowest BCUT2D eigenvalue weighted by atomic mass is 9.83. The van der Waals surface area contributed by atoms with Gasteiger partial charge in [0.15, 0.2) is 5.78 Å². The summed E-state index contributed by atoms with van der Waals surface area (Å²) in [7, 11) is 1.66. The molecule has 1 unspecified atom stereocenters. The van der Waals surface area contributed by atoms with Gasteiger partial charge in [0.2, 0.25) is 0 Å². The first-order valence-electron chi connectivity index (χ1n) is 10.9. The minimum Gasteiger partial charge on any atom is -0.492 e. The fourth-order valence-electron chi connectivity index (χ4n) is 4.04. The zero-order chi connectivity index (χ0) is 23.5. The highest BCUT2D eigenvalue weighted by Crippen LogP contribution is 2.46. The van der Waals surface area contributed by atoms with Crippen LogP contribution in [0.15, 0.2) is 28.4 Å². The number of carbonyl (C=O) groups excluding carboxylic acids is 2. The average molecular weight is 510 g/mol. The standard InChI is InChI=1S/C24H32BrNO6/c1-6-30-23(28)16-13-26-18(11-19(16)27)15-10-17(25)21(31-9-7-8-29-5)12-20(15)32-14-22(26)24(2,3)4/h10,12-13,18,22H,6-9,11,14H2,1-5H3/t18?,22-/m0/s1. The van der Waals surface area contributed by atoms with Crippen molar-refractivity contribution in [3.05, 3.63) is 33.9 Å². The topological polar surface area (TPSA) is 74.3 Å². The maximum Gasteiger partial charge on any atom is 0.343 e. The Balaban J connectivity index is 2.00. The van der Waals surface area contributed by atoms with E-state index in [-0.39, 0.29) is 41.9 Å². The van der Waals surface area contributed by atoms with Crippen LogP contribution < -0.4 is 9.47 Å². The molecule has 0 fully saturated rings. The number of Topliss-reactive ketones (excluding diaryl/α,β-unsaturated/α-hetero) is 1. The van der Waals surface area contributed by atoms with E-state index in [9.17, 15) is 9.59 Å². The van der Waals surface area contributed by atoms with Crippen LogP contribution in [0.2, 0.25) is 0 Å². The van der Waals surface area contributed by atoms with Gasteiger partial charge < -0.3 is 23.8 Å². The number of hydrogen-bond acceptors (Lipinski definition) is 7. The molecule has 2 atom stereocenters. The largest absolute Gasteiger partial charge is 0.492 e. The van der Waals surface area contributed by atoms with Crippen LogP contribution in [-0.4, -0.2) is 56.2 Å². The molecule has 0 amide bonds. The highest BCUT2D eigenvalue weighted by molar-refractivity contribution is 9.10. The smallest absolute Gasteiger partial charge is 0.343 e. The molecule has 7 nitrogen and oxygen atoms in total. The first kappa shape index (κ1) is 24.6. The molecule has 0 saturated heterocycles. The highest BCUT2D eigenvalue weighted by atomic mass is 79.9. The van der Waals surface area contributed by atoms with Crippen LogP contribution in [0.4, 0.5) is 0 Å². The predicted molar refractivity (Wildman–Crippen MR) is 124 cm³/mol. The normalized spacial score (nSPS) is 20.5. The summed E-state index contributed by atoms with van der Waals surface area (Å²) >= 11 is 3.61. The summed E-state index contributed by atoms with van der Waals surface area (Å²) < 4.78 is 23.2. The number of esters is 1. The zero-order valence-electron chi connectivity index (χ0n) is 19.4. The Hall–Kier alpha value is -2.06. The molecule has 0 radical (unpaired) electrons. The first-order chi connectivity index (χ1) is 15.2. The molecule has 1 aromatic carbocycles. The molecule has 8 heteroatoms. The Morgan fingerprint density at radius 2 is 2.03 bits per heavy atom. The SMILES string of the molecule is CCOC(=O)C1=CN2C(CC1=O)c1cc(Br)c(OCCCOC)cc1OC[C@H]2C(C)(C)C. The van der Waals surface area contributed by atoms with Crippen molar-refractivity contribution in [3.8, 4) is 11.5 Å². The molecule has 0 aromatic heterocycles. The van der Waals surface area contributed by atoms with E-state index in [1.54, 1.807) is 20.2 Å². The number of ether oxygens (including phenoxy) is 4. The second kappa shape index (κ2) is 10.3. The van der Waals surface area contributed by atoms with E-state index in [0.29, 0.717) is 31.3 Å². The lowest BCUT2D eigenvalue weighted by Gasteiger charge is -2.43. The Morgan fingerprint density at radius 1 is 1.28 bits per heavy atom. The number of halogens is 1. The molecular formula is C24H32BrNO6. The summed E-state index contributed by atoms with van der Waals surface area (Å²) in [6.45, 7) is 9.90. The van der Waals surface area contributed by atoms with Gasteiger partial charge in [-0.2, -0.15) is 0 Å². The molecule has 2 aliphatic heterocycles. The second-order valence-electron chi connectivity index (χ2n) is 9.06. The van der Waals surface area contributed by atoms with Gasteiger partial charge in [-0.3, -0.25) is 4.79 Å². The maximum atomic E-state index is 12.9. The van der Waals surface area contributed by atoms with Crippen molar-refractivity contribution >= 4 is 27.7 Å². The summed E-state index contributed by atoms with van der Waals surface area (Å²) in [5.74, 6) is 0.583. The van der Waals surface area contributed by atoms with E-state index in [0.717, 1.165) is 16.5 Å². The summed E-state index contributed by atoms with van der Waals surface area (Å²) in [5, 5.41) is 0. The number of ketones is 1. The van der Waals surface area contributed by atoms with Crippen molar-refractivity contribution in [1.29, 1.82) is 0 Å². The van der Waals surface area contributed by atoms with Crippen molar-refractivity contribution < 1.29 is 28.5 Å². The van der Waals surface area contributed by atoms with Crippen molar-refractivity contribution in [2.24, 2.45) is 5.41 Å². The van der Waals surface area contributed by atoms with Gasteiger partial charge in [0.05, 0.1) is 29.8 Å². The van der Waals surface area contributed by atoms with Crippen LogP contribution in [0.5, 0.6) is 11.5 Å². The van der Waals surface area contributed by atoms with Crippen molar-refractivity contribution in [2.45, 2.75) is 52.6 Å². The van der Waals surface area contributed by atoms with E-state index < -0.39 is 5.97 Å². The van der Waals surface area contributed by atoms with Crippen molar-refractivity contribution in [2.75, 3.05) is 33.5 Å². The first-order valence-corrected chi connectivity index (χ1v) is 11.7. The fraction of sp³-hybridized carbons (Fsp3) is 0.583. The average Bonchev–Trinajstić information content (AvgIpc) is 2.87. The van der Waals surface area contributed by atoms with E-state index in [1.807, 2.05) is 12.1 Å². The number of fused-ring (bicyclic) bond motifs is 3. The third kappa shape index (κ3) is 5.29. The van der Waals surface area contributed by atoms with Gasteiger partial charge in [-0.15, -0.1) is 0 Å². The lowest BCUT2D eigenvalue weighted by Crippen LogP contribution is -2.48. The summed E-state index contributed by atoms with van der Waals surface area (Å²) in [4.78, 5) is 27.4. The third-order valence-electron chi connectivity index (χ3n) is 5.74. The third-order valence-corrected chi connectivity index (χ3v) is 6.36. The fourth-order valence-corrected chi connectivity index (χ4v) is 4.51. The molecule has 3 rings (SSSR count). The number of carbonyl (C=O) groups is 2. The maximum absolute atomic E-state index is 12.9. The summed E-state index contributed by atoms with van der Waals surface area (Å²) in [5.41, 5.74) is 0.826. The number of nitrogens with zero attached hydrogens (tertiary/aromatic N) is 1. The molecule has 0 N–H and O–H groups in total. The van der Waals surface area contributed by atoms with Crippen LogP contribution in [-0.2, 0) is 19.1 Å². The van der Waals surface area contributed by atoms with Crippen molar-refractivity contribution in [1.82, 2.24) is 4.90 Å². The molecule has 176 valence electrons. The number of benzene rings is 1. The molecule has 0 saturated carbocycles. The zero-order valence-corrected chi connectivity index (χ0v) is 21.0. The summed E-state index contributed by atoms with van der Waals surface area (Å²) in [6, 6.07) is 3.54. The van der Waals surface area contributed by atoms with Gasteiger partial charge in [0, 0.05) is 44.4 Å². The molecule has 0 spiro atoms. The number of rotatable bonds is 7. The molecule has 1 aromatic rings. The van der Waals surface area contributed by atoms with Crippen LogP contribution in [0, 0.1) is 5.41 Å². The van der Waals surface area contributed by atoms with E-state index in [4.69, 9.17) is 18.9 Å². The van der Waals surface area contributed by atoms with Crippen LogP contribution >= 0.6 is 15.9 Å². The van der Waals surface area contributed by atoms with Crippen LogP contribution in [0.25, 0.3) is 0 Å². The lowest BCUT2D eigenvalue weighted by molar-refractivity contribution is -0.140. The van der Waals surface area contributed by atoms with Gasteiger partial charge in [-0.25, -0.2) is 4.79 Å². The second-order valence-corrected chi connectivity index (χ2v) is 9.92. The molecule has 2 aliphatic rings. The Labute approximate surface area is 198 Å². The van der Waals surface area contributed by atoms with E-state index >= 15 is 0 Å². The number of methoxy groups -OCH3 is 1. The Bertz CT molecular complexity index is 891. The van der Waals surface area contributed by atoms with Crippen LogP contribution in [0.1, 0.15) is 52.1 Å². The van der Waals surface area contributed by atoms with Gasteiger partial charge in [0.1, 0.15) is 23.7 Å². The Morgan fingerprint density at radius 3 is 2.69 bits per heavy atom. The molecule has 2 heterocycles. The van der Waals surface area contributed by atoms with Gasteiger partial charge in [-0.1, -0.05) is 20.8 Å². The number of hydrogen-bond donors (Lipinski definition) is 0. The molecular weight excluding hydrogens is 478 g/mol. The van der Waals surface area contributed by atoms with Gasteiger partial charge >= 0.3 is 5.97 Å². The molecule has 32 heavy (non-hydrogen) atoms. The van der Waals surface area contributed by atoms with Gasteiger partial charge in [0.25, 0.3) is 0 Å². The Kier molecular flexibility index (Phi) is 7.88. The summed E-state index contributed by atoms with van der Waals surface area (Å²) in [6.07, 6.45) is 2.62. The minimum absolute atomic E-state index is 0.0535. The van der Waals surface area contributed by atoms with E-state index in [2.05, 4.69) is 41.6 Å². The van der Waals surface area contributed by atoms with Crippen molar-refractivity contribution in [3.63, 3.8) is 0 Å². The molecule has 0 aliphatic carbocycles. The van der Waals surface area contributed by atoms with Crippen LogP contribution in [0.3, 0.4) is 0 Å². The predicted octanol–water partition coefficient (Wildman–Crippen LogP) is 4.43. The highest BCUT2D eigenvalue weighted by Gasteiger charge is 2.43. The van der Waals surface area contributed by atoms with Gasteiger partial charge in [-0.05, 0) is 34.3 Å². The monoisotopic (exact) mass is 509 g/mol. The molecule has 0 bridgehead atoms.